The molecule has 2 aromatic carbocycles. The van der Waals surface area contributed by atoms with Crippen LogP contribution >= 0.6 is 11.6 Å². The van der Waals surface area contributed by atoms with Crippen LogP contribution in [0.2, 0.25) is 0 Å². The third kappa shape index (κ3) is 2.41. The van der Waals surface area contributed by atoms with Crippen LogP contribution in [-0.2, 0) is 4.79 Å². The first-order valence-electron chi connectivity index (χ1n) is 7.38. The van der Waals surface area contributed by atoms with Crippen LogP contribution in [0.5, 0.6) is 0 Å². The van der Waals surface area contributed by atoms with Gasteiger partial charge in [0.1, 0.15) is 5.78 Å². The largest absolute Gasteiger partial charge is 0.300 e. The van der Waals surface area contributed by atoms with Gasteiger partial charge in [-0.15, -0.1) is 11.6 Å². The second-order valence-electron chi connectivity index (χ2n) is 5.79. The van der Waals surface area contributed by atoms with E-state index in [1.165, 1.54) is 6.92 Å². The van der Waals surface area contributed by atoms with Crippen LogP contribution in [0.4, 0.5) is 0 Å². The Morgan fingerprint density at radius 1 is 0.957 bits per heavy atom. The number of ketones is 3. The number of hydrogen-bond acceptors (Lipinski definition) is 3. The number of Topliss-reactive ketones (excluding diaryl/α,β-unsaturated/α-hetero) is 3. The lowest BCUT2D eigenvalue weighted by molar-refractivity contribution is -0.117. The molecule has 0 heterocycles. The van der Waals surface area contributed by atoms with Crippen LogP contribution < -0.4 is 0 Å². The predicted octanol–water partition coefficient (Wildman–Crippen LogP) is 3.81. The quantitative estimate of drug-likeness (QED) is 0.634. The highest BCUT2D eigenvalue weighted by Crippen LogP contribution is 2.46. The molecule has 3 rings (SSSR count). The molecule has 2 aromatic rings. The maximum Gasteiger partial charge on any atom is 0.193 e. The molecule has 1 aliphatic carbocycles. The Bertz CT molecular complexity index is 760. The van der Waals surface area contributed by atoms with E-state index in [9.17, 15) is 14.4 Å². The van der Waals surface area contributed by atoms with Crippen molar-refractivity contribution in [2.75, 3.05) is 0 Å². The Labute approximate surface area is 139 Å². The number of carbonyl (C=O) groups is 3. The van der Waals surface area contributed by atoms with Gasteiger partial charge in [0.25, 0.3) is 0 Å². The molecule has 0 saturated carbocycles. The molecule has 0 bridgehead atoms. The van der Waals surface area contributed by atoms with Crippen LogP contribution in [0.15, 0.2) is 54.6 Å². The molecule has 3 nitrogen and oxygen atoms in total. The summed E-state index contributed by atoms with van der Waals surface area (Å²) in [5.41, 5.74) is 1.38. The Morgan fingerprint density at radius 3 is 1.91 bits per heavy atom. The molecule has 0 radical (unpaired) electrons. The molecule has 116 valence electrons. The van der Waals surface area contributed by atoms with Crippen molar-refractivity contribution in [2.24, 2.45) is 0 Å². The van der Waals surface area contributed by atoms with Gasteiger partial charge in [-0.2, -0.15) is 0 Å². The fourth-order valence-electron chi connectivity index (χ4n) is 3.15. The normalized spacial score (nSPS) is 17.0. The molecular weight excluding hydrogens is 312 g/mol. The number of halogens is 1. The number of fused-ring (bicyclic) bond motifs is 1. The van der Waals surface area contributed by atoms with Crippen LogP contribution in [0.25, 0.3) is 0 Å². The summed E-state index contributed by atoms with van der Waals surface area (Å²) >= 11 is 6.63. The van der Waals surface area contributed by atoms with Crippen molar-refractivity contribution in [2.45, 2.75) is 24.1 Å². The first-order chi connectivity index (χ1) is 11.0. The Hall–Kier alpha value is -2.26. The van der Waals surface area contributed by atoms with Gasteiger partial charge in [-0.1, -0.05) is 54.6 Å². The average Bonchev–Trinajstić information content (AvgIpc) is 2.76. The van der Waals surface area contributed by atoms with Crippen molar-refractivity contribution < 1.29 is 14.4 Å². The summed E-state index contributed by atoms with van der Waals surface area (Å²) in [6.07, 6.45) is 0.0407. The standard InChI is InChI=1S/C19H15ClO3/c1-12(21)11-16(13-7-3-2-4-8-13)19(20)17(22)14-9-5-6-10-15(14)18(19)23/h2-10,16H,11H2,1H3/t16-/m1/s1. The highest BCUT2D eigenvalue weighted by molar-refractivity contribution is 6.55. The molecule has 4 heteroatoms. The lowest BCUT2D eigenvalue weighted by Crippen LogP contribution is -2.42. The Balaban J connectivity index is 2.15. The average molecular weight is 327 g/mol. The van der Waals surface area contributed by atoms with E-state index in [1.807, 2.05) is 6.07 Å². The fourth-order valence-corrected chi connectivity index (χ4v) is 3.56. The van der Waals surface area contributed by atoms with E-state index in [0.29, 0.717) is 16.7 Å². The van der Waals surface area contributed by atoms with Crippen molar-refractivity contribution in [3.05, 3.63) is 71.3 Å². The summed E-state index contributed by atoms with van der Waals surface area (Å²) in [5, 5.41) is 0. The first kappa shape index (κ1) is 15.6. The van der Waals surface area contributed by atoms with Crippen molar-refractivity contribution in [1.29, 1.82) is 0 Å². The number of benzene rings is 2. The van der Waals surface area contributed by atoms with Gasteiger partial charge in [0.2, 0.25) is 0 Å². The second-order valence-corrected chi connectivity index (χ2v) is 6.38. The third-order valence-corrected chi connectivity index (χ3v) is 4.86. The van der Waals surface area contributed by atoms with Crippen molar-refractivity contribution in [3.63, 3.8) is 0 Å². The van der Waals surface area contributed by atoms with E-state index >= 15 is 0 Å². The van der Waals surface area contributed by atoms with Gasteiger partial charge in [0, 0.05) is 23.5 Å². The molecule has 0 aliphatic heterocycles. The molecule has 1 aliphatic rings. The molecule has 0 N–H and O–H groups in total. The number of hydrogen-bond donors (Lipinski definition) is 0. The lowest BCUT2D eigenvalue weighted by Gasteiger charge is -2.28. The topological polar surface area (TPSA) is 51.2 Å². The molecule has 23 heavy (non-hydrogen) atoms. The number of carbonyl (C=O) groups excluding carboxylic acids is 3. The van der Waals surface area contributed by atoms with Crippen LogP contribution in [0, 0.1) is 0 Å². The van der Waals surface area contributed by atoms with E-state index in [2.05, 4.69) is 0 Å². The SMILES string of the molecule is CC(=O)C[C@H](c1ccccc1)C1(Cl)C(=O)c2ccccc2C1=O. The summed E-state index contributed by atoms with van der Waals surface area (Å²) in [6, 6.07) is 15.7. The van der Waals surface area contributed by atoms with E-state index in [1.54, 1.807) is 48.5 Å². The molecule has 0 unspecified atom stereocenters. The smallest absolute Gasteiger partial charge is 0.193 e. The highest BCUT2D eigenvalue weighted by Gasteiger charge is 2.57. The number of rotatable bonds is 4. The lowest BCUT2D eigenvalue weighted by atomic mass is 9.79. The summed E-state index contributed by atoms with van der Waals surface area (Å²) in [5.74, 6) is -1.64. The fraction of sp³-hybridized carbons (Fsp3) is 0.211. The summed E-state index contributed by atoms with van der Waals surface area (Å²) < 4.78 is 0. The van der Waals surface area contributed by atoms with Crippen molar-refractivity contribution >= 4 is 29.0 Å². The van der Waals surface area contributed by atoms with E-state index in [0.717, 1.165) is 0 Å². The monoisotopic (exact) mass is 326 g/mol. The molecule has 0 amide bonds. The summed E-state index contributed by atoms with van der Waals surface area (Å²) in [4.78, 5) is 35.7. The highest BCUT2D eigenvalue weighted by atomic mass is 35.5. The van der Waals surface area contributed by atoms with Gasteiger partial charge in [0.15, 0.2) is 16.4 Å². The van der Waals surface area contributed by atoms with Gasteiger partial charge < -0.3 is 4.79 Å². The maximum absolute atomic E-state index is 12.9. The Morgan fingerprint density at radius 2 is 1.43 bits per heavy atom. The van der Waals surface area contributed by atoms with Crippen molar-refractivity contribution in [1.82, 2.24) is 0 Å². The first-order valence-corrected chi connectivity index (χ1v) is 7.76. The summed E-state index contributed by atoms with van der Waals surface area (Å²) in [7, 11) is 0. The minimum atomic E-state index is -1.75. The zero-order valence-electron chi connectivity index (χ0n) is 12.6. The zero-order chi connectivity index (χ0) is 16.6. The van der Waals surface area contributed by atoms with E-state index < -0.39 is 22.4 Å². The van der Waals surface area contributed by atoms with Gasteiger partial charge in [-0.05, 0) is 12.5 Å². The minimum Gasteiger partial charge on any atom is -0.300 e. The zero-order valence-corrected chi connectivity index (χ0v) is 13.3. The molecule has 0 spiro atoms. The molecule has 0 fully saturated rings. The molecular formula is C19H15ClO3. The Kier molecular flexibility index (Phi) is 3.90. The maximum atomic E-state index is 12.9. The van der Waals surface area contributed by atoms with E-state index in [-0.39, 0.29) is 12.2 Å². The van der Waals surface area contributed by atoms with Crippen molar-refractivity contribution in [3.8, 4) is 0 Å². The van der Waals surface area contributed by atoms with Gasteiger partial charge in [-0.3, -0.25) is 9.59 Å². The second kappa shape index (κ2) is 5.74. The molecule has 0 saturated heterocycles. The predicted molar refractivity (Wildman–Crippen MR) is 88.2 cm³/mol. The van der Waals surface area contributed by atoms with Crippen LogP contribution in [0.1, 0.15) is 45.5 Å². The van der Waals surface area contributed by atoms with Gasteiger partial charge >= 0.3 is 0 Å². The molecule has 0 aromatic heterocycles. The van der Waals surface area contributed by atoms with E-state index in [4.69, 9.17) is 11.6 Å². The summed E-state index contributed by atoms with van der Waals surface area (Å²) in [6.45, 7) is 1.44. The molecule has 1 atom stereocenters. The van der Waals surface area contributed by atoms with Gasteiger partial charge in [0.05, 0.1) is 0 Å². The number of alkyl halides is 1. The minimum absolute atomic E-state index is 0.0407. The van der Waals surface area contributed by atoms with Crippen LogP contribution in [0.3, 0.4) is 0 Å². The van der Waals surface area contributed by atoms with Crippen LogP contribution in [-0.4, -0.2) is 22.2 Å². The third-order valence-electron chi connectivity index (χ3n) is 4.25. The van der Waals surface area contributed by atoms with Gasteiger partial charge in [-0.25, -0.2) is 0 Å².